The summed E-state index contributed by atoms with van der Waals surface area (Å²) in [5.74, 6) is 0.848. The van der Waals surface area contributed by atoms with Crippen molar-refractivity contribution in [1.82, 2.24) is 24.7 Å². The second-order valence-corrected chi connectivity index (χ2v) is 10.6. The van der Waals surface area contributed by atoms with Crippen molar-refractivity contribution in [3.05, 3.63) is 163 Å². The number of imidazole rings is 1. The van der Waals surface area contributed by atoms with Crippen LogP contribution in [0.5, 0.6) is 0 Å². The first-order valence-corrected chi connectivity index (χ1v) is 14.5. The van der Waals surface area contributed by atoms with Gasteiger partial charge in [0.05, 0.1) is 17.5 Å². The van der Waals surface area contributed by atoms with Crippen LogP contribution in [-0.4, -0.2) is 24.7 Å². The number of aromatic nitrogens is 5. The van der Waals surface area contributed by atoms with Gasteiger partial charge < -0.3 is 9.55 Å². The summed E-state index contributed by atoms with van der Waals surface area (Å²) in [4.78, 5) is 9.14. The molecule has 0 fully saturated rings. The van der Waals surface area contributed by atoms with Gasteiger partial charge in [0.15, 0.2) is 5.65 Å². The maximum absolute atomic E-state index is 4.92. The fourth-order valence-corrected chi connectivity index (χ4v) is 6.04. The van der Waals surface area contributed by atoms with E-state index in [0.29, 0.717) is 5.65 Å². The molecule has 0 saturated heterocycles. The molecular weight excluding hydrogens is 731 g/mol. The fourth-order valence-electron chi connectivity index (χ4n) is 6.04. The van der Waals surface area contributed by atoms with Crippen molar-refractivity contribution in [2.24, 2.45) is 0 Å². The van der Waals surface area contributed by atoms with E-state index in [1.165, 1.54) is 33.0 Å². The molecule has 0 bridgehead atoms. The van der Waals surface area contributed by atoms with Crippen LogP contribution in [-0.2, 0) is 26.5 Å². The normalized spacial score (nSPS) is 11.3. The summed E-state index contributed by atoms with van der Waals surface area (Å²) in [5.41, 5.74) is 10.9. The molecule has 8 aromatic rings. The van der Waals surface area contributed by atoms with Crippen LogP contribution in [0.1, 0.15) is 11.1 Å². The van der Waals surface area contributed by atoms with Crippen LogP contribution in [0.2, 0.25) is 0 Å². The first-order valence-electron chi connectivity index (χ1n) is 14.5. The van der Waals surface area contributed by atoms with Gasteiger partial charge in [0.2, 0.25) is 0 Å². The molecular formula is C39H25IrN5-2. The van der Waals surface area contributed by atoms with Gasteiger partial charge in [0, 0.05) is 32.0 Å². The molecule has 0 aliphatic heterocycles. The van der Waals surface area contributed by atoms with E-state index in [1.807, 2.05) is 72.8 Å². The molecule has 3 aromatic heterocycles. The molecule has 1 radical (unpaired) electrons. The van der Waals surface area contributed by atoms with Gasteiger partial charge in [-0.3, -0.25) is 4.98 Å². The number of para-hydroxylation sites is 1. The second kappa shape index (κ2) is 12.4. The molecule has 6 heteroatoms. The molecule has 5 nitrogen and oxygen atoms in total. The monoisotopic (exact) mass is 756 g/mol. The van der Waals surface area contributed by atoms with Gasteiger partial charge in [-0.05, 0) is 58.3 Å². The molecule has 0 unspecified atom stereocenters. The molecule has 0 spiro atoms. The van der Waals surface area contributed by atoms with Crippen LogP contribution in [0.25, 0.3) is 61.4 Å². The molecule has 0 atom stereocenters. The quantitative estimate of drug-likeness (QED) is 0.170. The number of hydrogen-bond donors (Lipinski definition) is 0. The molecule has 0 saturated carbocycles. The topological polar surface area (TPSA) is 56.5 Å². The summed E-state index contributed by atoms with van der Waals surface area (Å²) in [6, 6.07) is 49.9. The van der Waals surface area contributed by atoms with Crippen molar-refractivity contribution >= 4 is 21.9 Å². The third kappa shape index (κ3) is 5.25. The van der Waals surface area contributed by atoms with Gasteiger partial charge in [-0.25, -0.2) is 0 Å². The van der Waals surface area contributed by atoms with Crippen LogP contribution in [0.3, 0.4) is 0 Å². The molecule has 5 aromatic carbocycles. The summed E-state index contributed by atoms with van der Waals surface area (Å²) >= 11 is 0. The Bertz CT molecular complexity index is 2210. The predicted octanol–water partition coefficient (Wildman–Crippen LogP) is 8.55. The van der Waals surface area contributed by atoms with Crippen LogP contribution >= 0.6 is 0 Å². The Kier molecular flexibility index (Phi) is 7.83. The standard InChI is InChI=1S/C28H17N4.C11H8N.Ir/c1-2-8-19(9-3-1)32-26-15-16-29-31-27(26)30-28(32)23-12-6-11-21-22-14-13-18-7-4-5-10-20(18)24(22)17-25(21)23;1-2-6-10(7-3-1)11-8-4-5-9-12-11;/h1-11,13-16H,17H2;1-6,8-9H;/q2*-1;. The van der Waals surface area contributed by atoms with Crippen molar-refractivity contribution in [3.8, 4) is 39.5 Å². The molecule has 45 heavy (non-hydrogen) atoms. The molecule has 3 heterocycles. The minimum Gasteiger partial charge on any atom is -0.332 e. The number of pyridine rings is 1. The second-order valence-electron chi connectivity index (χ2n) is 10.6. The van der Waals surface area contributed by atoms with E-state index in [9.17, 15) is 0 Å². The van der Waals surface area contributed by atoms with Crippen molar-refractivity contribution in [2.45, 2.75) is 6.42 Å². The van der Waals surface area contributed by atoms with E-state index in [1.54, 1.807) is 12.4 Å². The summed E-state index contributed by atoms with van der Waals surface area (Å²) < 4.78 is 2.16. The number of fused-ring (bicyclic) bond motifs is 6. The van der Waals surface area contributed by atoms with Crippen LogP contribution in [0, 0.1) is 12.1 Å². The third-order valence-electron chi connectivity index (χ3n) is 8.02. The Morgan fingerprint density at radius 2 is 1.47 bits per heavy atom. The zero-order valence-corrected chi connectivity index (χ0v) is 26.5. The Morgan fingerprint density at radius 3 is 2.31 bits per heavy atom. The van der Waals surface area contributed by atoms with E-state index < -0.39 is 0 Å². The Morgan fingerprint density at radius 1 is 0.644 bits per heavy atom. The Balaban J connectivity index is 0.000000211. The smallest absolute Gasteiger partial charge is 0.190 e. The van der Waals surface area contributed by atoms with Gasteiger partial charge in [-0.15, -0.1) is 70.3 Å². The first kappa shape index (κ1) is 28.5. The first-order chi connectivity index (χ1) is 21.8. The molecule has 0 amide bonds. The molecule has 1 aliphatic carbocycles. The van der Waals surface area contributed by atoms with Crippen LogP contribution < -0.4 is 0 Å². The van der Waals surface area contributed by atoms with Gasteiger partial charge in [0.25, 0.3) is 0 Å². The van der Waals surface area contributed by atoms with Crippen LogP contribution in [0.15, 0.2) is 140 Å². The van der Waals surface area contributed by atoms with Gasteiger partial charge in [0.1, 0.15) is 0 Å². The molecule has 9 rings (SSSR count). The minimum absolute atomic E-state index is 0. The maximum Gasteiger partial charge on any atom is 0.190 e. The van der Waals surface area contributed by atoms with Gasteiger partial charge >= 0.3 is 0 Å². The third-order valence-corrected chi connectivity index (χ3v) is 8.02. The fraction of sp³-hybridized carbons (Fsp3) is 0.0256. The Labute approximate surface area is 274 Å². The summed E-state index contributed by atoms with van der Waals surface area (Å²) in [6.07, 6.45) is 4.37. The van der Waals surface area contributed by atoms with Gasteiger partial charge in [-0.2, -0.15) is 5.10 Å². The van der Waals surface area contributed by atoms with E-state index in [2.05, 4.69) is 86.5 Å². The number of rotatable bonds is 3. The molecule has 1 aliphatic rings. The summed E-state index contributed by atoms with van der Waals surface area (Å²) in [6.45, 7) is 0. The SMILES string of the molecule is [Ir].[c-]1ccc2c(c1-c1nc3nnccc3n1-c1ccccc1)Cc1c-2ccc2ccccc12.[c-]1ccccc1-c1ccccn1. The van der Waals surface area contributed by atoms with E-state index >= 15 is 0 Å². The van der Waals surface area contributed by atoms with E-state index in [0.717, 1.165) is 40.3 Å². The average molecular weight is 756 g/mol. The minimum atomic E-state index is 0. The zero-order valence-electron chi connectivity index (χ0n) is 24.1. The largest absolute Gasteiger partial charge is 0.332 e. The van der Waals surface area contributed by atoms with Crippen molar-refractivity contribution in [3.63, 3.8) is 0 Å². The molecule has 0 N–H and O–H groups in total. The molecule has 217 valence electrons. The summed E-state index contributed by atoms with van der Waals surface area (Å²) in [7, 11) is 0. The van der Waals surface area contributed by atoms with Crippen molar-refractivity contribution in [2.75, 3.05) is 0 Å². The number of hydrogen-bond acceptors (Lipinski definition) is 4. The summed E-state index contributed by atoms with van der Waals surface area (Å²) in [5, 5.41) is 10.9. The maximum atomic E-state index is 4.92. The van der Waals surface area contributed by atoms with Crippen molar-refractivity contribution in [1.29, 1.82) is 0 Å². The number of nitrogens with zero attached hydrogens (tertiary/aromatic N) is 5. The number of benzene rings is 5. The van der Waals surface area contributed by atoms with E-state index in [4.69, 9.17) is 4.98 Å². The predicted molar refractivity (Wildman–Crippen MR) is 175 cm³/mol. The van der Waals surface area contributed by atoms with E-state index in [-0.39, 0.29) is 20.1 Å². The Hall–Kier alpha value is -5.29. The zero-order chi connectivity index (χ0) is 29.3. The van der Waals surface area contributed by atoms with Crippen molar-refractivity contribution < 1.29 is 20.1 Å². The van der Waals surface area contributed by atoms with Gasteiger partial charge in [-0.1, -0.05) is 72.3 Å². The van der Waals surface area contributed by atoms with Crippen LogP contribution in [0.4, 0.5) is 0 Å². The average Bonchev–Trinajstić information content (AvgIpc) is 3.69.